The number of alkyl halides is 3. The molecule has 0 aliphatic carbocycles. The van der Waals surface area contributed by atoms with Gasteiger partial charge in [-0.15, -0.1) is 0 Å². The Morgan fingerprint density at radius 2 is 1.57 bits per heavy atom. The van der Waals surface area contributed by atoms with Crippen molar-refractivity contribution >= 4 is 52.1 Å². The van der Waals surface area contributed by atoms with Crippen LogP contribution in [0.4, 0.5) is 30.5 Å². The van der Waals surface area contributed by atoms with Gasteiger partial charge in [0.15, 0.2) is 0 Å². The fraction of sp³-hybridized carbons (Fsp3) is 0.0909. The second kappa shape index (κ2) is 5.75. The van der Waals surface area contributed by atoms with Crippen molar-refractivity contribution in [3.05, 3.63) is 39.1 Å². The summed E-state index contributed by atoms with van der Waals surface area (Å²) in [6.45, 7) is 0. The molecule has 1 aromatic carbocycles. The molecule has 10 heteroatoms. The third kappa shape index (κ3) is 3.81. The Hall–Kier alpha value is -1.44. The van der Waals surface area contributed by atoms with E-state index in [4.69, 9.17) is 40.5 Å². The predicted molar refractivity (Wildman–Crippen MR) is 76.2 cm³/mol. The molecule has 0 saturated heterocycles. The number of hydrogen-bond donors (Lipinski definition) is 2. The maximum absolute atomic E-state index is 12.6. The van der Waals surface area contributed by atoms with E-state index in [1.54, 1.807) is 0 Å². The molecule has 0 atom stereocenters. The summed E-state index contributed by atoms with van der Waals surface area (Å²) in [6, 6.07) is 3.84. The lowest BCUT2D eigenvalue weighted by atomic mass is 10.3. The van der Waals surface area contributed by atoms with Crippen LogP contribution < -0.4 is 11.1 Å². The summed E-state index contributed by atoms with van der Waals surface area (Å²) in [6.07, 6.45) is -4.72. The van der Waals surface area contributed by atoms with Crippen molar-refractivity contribution in [1.82, 2.24) is 9.97 Å². The number of rotatable bonds is 2. The van der Waals surface area contributed by atoms with Crippen LogP contribution in [0, 0.1) is 0 Å². The van der Waals surface area contributed by atoms with E-state index in [1.165, 1.54) is 12.1 Å². The highest BCUT2D eigenvalue weighted by Crippen LogP contribution is 2.34. The number of halogens is 6. The fourth-order valence-electron chi connectivity index (χ4n) is 1.41. The molecule has 2 aromatic rings. The Bertz CT molecular complexity index is 691. The van der Waals surface area contributed by atoms with Crippen LogP contribution in [0.15, 0.2) is 18.2 Å². The van der Waals surface area contributed by atoms with Crippen LogP contribution in [-0.2, 0) is 6.18 Å². The molecule has 1 heterocycles. The molecule has 3 N–H and O–H groups in total. The van der Waals surface area contributed by atoms with Gasteiger partial charge in [0.1, 0.15) is 11.6 Å². The Balaban J connectivity index is 2.40. The number of nitrogen functional groups attached to an aromatic ring is 1. The average molecular weight is 358 g/mol. The molecule has 0 bridgehead atoms. The van der Waals surface area contributed by atoms with Crippen molar-refractivity contribution in [2.45, 2.75) is 6.18 Å². The SMILES string of the molecule is Nc1cc(Nc2cc(Cl)c(Cl)cc2Cl)nc(C(F)(F)F)n1. The summed E-state index contributed by atoms with van der Waals surface area (Å²) in [4.78, 5) is 6.45. The minimum absolute atomic E-state index is 0.162. The number of nitrogens with one attached hydrogen (secondary N) is 1. The van der Waals surface area contributed by atoms with E-state index >= 15 is 0 Å². The Labute approximate surface area is 132 Å². The molecule has 112 valence electrons. The average Bonchev–Trinajstić information content (AvgIpc) is 2.34. The molecule has 0 fully saturated rings. The largest absolute Gasteiger partial charge is 0.451 e. The maximum atomic E-state index is 12.6. The summed E-state index contributed by atoms with van der Waals surface area (Å²) < 4.78 is 37.8. The lowest BCUT2D eigenvalue weighted by Gasteiger charge is -2.12. The zero-order valence-corrected chi connectivity index (χ0v) is 12.2. The first kappa shape index (κ1) is 15.9. The van der Waals surface area contributed by atoms with E-state index in [0.29, 0.717) is 0 Å². The molecule has 2 rings (SSSR count). The normalized spacial score (nSPS) is 11.5. The van der Waals surface area contributed by atoms with Gasteiger partial charge >= 0.3 is 6.18 Å². The van der Waals surface area contributed by atoms with E-state index in [1.807, 2.05) is 0 Å². The first-order valence-corrected chi connectivity index (χ1v) is 6.43. The lowest BCUT2D eigenvalue weighted by molar-refractivity contribution is -0.144. The van der Waals surface area contributed by atoms with Crippen LogP contribution in [0.3, 0.4) is 0 Å². The maximum Gasteiger partial charge on any atom is 0.451 e. The van der Waals surface area contributed by atoms with Crippen molar-refractivity contribution < 1.29 is 13.2 Å². The summed E-state index contributed by atoms with van der Waals surface area (Å²) in [5.74, 6) is -1.87. The number of hydrogen-bond acceptors (Lipinski definition) is 4. The third-order valence-corrected chi connectivity index (χ3v) is 3.31. The van der Waals surface area contributed by atoms with Gasteiger partial charge in [-0.2, -0.15) is 13.2 Å². The smallest absolute Gasteiger partial charge is 0.384 e. The highest BCUT2D eigenvalue weighted by Gasteiger charge is 2.35. The highest BCUT2D eigenvalue weighted by atomic mass is 35.5. The van der Waals surface area contributed by atoms with E-state index in [-0.39, 0.29) is 32.4 Å². The Morgan fingerprint density at radius 1 is 0.952 bits per heavy atom. The molecule has 0 aliphatic heterocycles. The van der Waals surface area contributed by atoms with Crippen molar-refractivity contribution in [3.8, 4) is 0 Å². The van der Waals surface area contributed by atoms with Crippen molar-refractivity contribution in [3.63, 3.8) is 0 Å². The molecule has 4 nitrogen and oxygen atoms in total. The minimum Gasteiger partial charge on any atom is -0.384 e. The summed E-state index contributed by atoms with van der Waals surface area (Å²) in [5.41, 5.74) is 5.56. The van der Waals surface area contributed by atoms with Gasteiger partial charge in [0.2, 0.25) is 5.82 Å². The second-order valence-corrected chi connectivity index (χ2v) is 5.09. The Kier molecular flexibility index (Phi) is 4.36. The second-order valence-electron chi connectivity index (χ2n) is 3.87. The molecular weight excluding hydrogens is 352 g/mol. The first-order chi connectivity index (χ1) is 9.66. The quantitative estimate of drug-likeness (QED) is 0.759. The molecule has 0 unspecified atom stereocenters. The number of anilines is 3. The molecule has 0 radical (unpaired) electrons. The molecule has 1 aromatic heterocycles. The summed E-state index contributed by atoms with van der Waals surface area (Å²) in [7, 11) is 0. The lowest BCUT2D eigenvalue weighted by Crippen LogP contribution is -2.13. The minimum atomic E-state index is -4.72. The molecule has 0 spiro atoms. The van der Waals surface area contributed by atoms with Gasteiger partial charge in [-0.1, -0.05) is 34.8 Å². The van der Waals surface area contributed by atoms with E-state index in [2.05, 4.69) is 15.3 Å². The standard InChI is InChI=1S/C11H6Cl3F3N4/c12-4-1-6(14)7(2-5(4)13)19-9-3-8(18)20-10(21-9)11(15,16)17/h1-3H,(H3,18,19,20,21). The van der Waals surface area contributed by atoms with Gasteiger partial charge in [-0.3, -0.25) is 0 Å². The van der Waals surface area contributed by atoms with Gasteiger partial charge in [0.05, 0.1) is 20.8 Å². The topological polar surface area (TPSA) is 63.8 Å². The van der Waals surface area contributed by atoms with Gasteiger partial charge in [0.25, 0.3) is 0 Å². The number of benzene rings is 1. The van der Waals surface area contributed by atoms with Crippen LogP contribution in [0.5, 0.6) is 0 Å². The molecule has 0 saturated carbocycles. The van der Waals surface area contributed by atoms with Crippen LogP contribution in [0.2, 0.25) is 15.1 Å². The van der Waals surface area contributed by atoms with Gasteiger partial charge in [0, 0.05) is 6.07 Å². The number of nitrogens with zero attached hydrogens (tertiary/aromatic N) is 2. The van der Waals surface area contributed by atoms with Crippen molar-refractivity contribution in [1.29, 1.82) is 0 Å². The monoisotopic (exact) mass is 356 g/mol. The van der Waals surface area contributed by atoms with Crippen LogP contribution in [0.25, 0.3) is 0 Å². The van der Waals surface area contributed by atoms with Gasteiger partial charge < -0.3 is 11.1 Å². The van der Waals surface area contributed by atoms with E-state index in [9.17, 15) is 13.2 Å². The summed E-state index contributed by atoms with van der Waals surface area (Å²) in [5, 5.41) is 3.14. The van der Waals surface area contributed by atoms with Gasteiger partial charge in [-0.05, 0) is 12.1 Å². The van der Waals surface area contributed by atoms with Crippen LogP contribution in [0.1, 0.15) is 5.82 Å². The molecule has 0 aliphatic rings. The predicted octanol–water partition coefficient (Wildman–Crippen LogP) is 4.78. The number of aromatic nitrogens is 2. The first-order valence-electron chi connectivity index (χ1n) is 5.30. The zero-order valence-electron chi connectivity index (χ0n) is 9.97. The van der Waals surface area contributed by atoms with Crippen LogP contribution >= 0.6 is 34.8 Å². The van der Waals surface area contributed by atoms with Crippen molar-refractivity contribution in [2.24, 2.45) is 0 Å². The van der Waals surface area contributed by atoms with Crippen LogP contribution in [-0.4, -0.2) is 9.97 Å². The fourth-order valence-corrected chi connectivity index (χ4v) is 2.01. The molecule has 0 amide bonds. The zero-order chi connectivity index (χ0) is 15.8. The van der Waals surface area contributed by atoms with E-state index < -0.39 is 12.0 Å². The molecule has 21 heavy (non-hydrogen) atoms. The summed E-state index contributed by atoms with van der Waals surface area (Å²) >= 11 is 17.5. The number of nitrogens with two attached hydrogens (primary N) is 1. The van der Waals surface area contributed by atoms with Gasteiger partial charge in [-0.25, -0.2) is 9.97 Å². The van der Waals surface area contributed by atoms with E-state index in [0.717, 1.165) is 6.07 Å². The van der Waals surface area contributed by atoms with Crippen molar-refractivity contribution in [2.75, 3.05) is 11.1 Å². The Morgan fingerprint density at radius 3 is 2.19 bits per heavy atom. The molecular formula is C11H6Cl3F3N4. The highest BCUT2D eigenvalue weighted by molar-refractivity contribution is 6.44. The third-order valence-electron chi connectivity index (χ3n) is 2.27.